The molecule has 0 aliphatic carbocycles. The number of carboxylic acids is 1. The molecule has 2 aromatic carbocycles. The average molecular weight is 458 g/mol. The molecule has 3 aromatic rings. The van der Waals surface area contributed by atoms with E-state index in [4.69, 9.17) is 4.74 Å². The first-order chi connectivity index (χ1) is 13.4. The predicted octanol–water partition coefficient (Wildman–Crippen LogP) is 5.47. The number of rotatable bonds is 6. The second kappa shape index (κ2) is 8.86. The molecule has 5 nitrogen and oxygen atoms in total. The highest BCUT2D eigenvalue weighted by atomic mass is 79.9. The van der Waals surface area contributed by atoms with Crippen molar-refractivity contribution < 1.29 is 19.4 Å². The van der Waals surface area contributed by atoms with Crippen molar-refractivity contribution in [3.8, 4) is 11.5 Å². The van der Waals surface area contributed by atoms with Crippen LogP contribution in [0.4, 0.5) is 0 Å². The monoisotopic (exact) mass is 457 g/mol. The number of ether oxygens (including phenoxy) is 1. The summed E-state index contributed by atoms with van der Waals surface area (Å²) < 4.78 is 6.62. The normalized spacial score (nSPS) is 11.1. The van der Waals surface area contributed by atoms with E-state index >= 15 is 0 Å². The van der Waals surface area contributed by atoms with Gasteiger partial charge in [0.25, 0.3) is 5.91 Å². The van der Waals surface area contributed by atoms with Gasteiger partial charge in [0.05, 0.1) is 9.35 Å². The van der Waals surface area contributed by atoms with Crippen molar-refractivity contribution in [1.82, 2.24) is 5.32 Å². The zero-order valence-electron chi connectivity index (χ0n) is 14.8. The van der Waals surface area contributed by atoms with E-state index in [2.05, 4.69) is 21.2 Å². The van der Waals surface area contributed by atoms with Crippen LogP contribution in [-0.4, -0.2) is 17.0 Å². The highest BCUT2D eigenvalue weighted by Gasteiger charge is 2.14. The van der Waals surface area contributed by atoms with Gasteiger partial charge in [-0.15, -0.1) is 11.3 Å². The van der Waals surface area contributed by atoms with E-state index in [1.165, 1.54) is 17.4 Å². The number of aryl methyl sites for hydroxylation is 1. The molecule has 0 bridgehead atoms. The fourth-order valence-electron chi connectivity index (χ4n) is 2.34. The molecule has 28 heavy (non-hydrogen) atoms. The van der Waals surface area contributed by atoms with Crippen LogP contribution in [0.25, 0.3) is 6.08 Å². The molecular formula is C21H16BrNO4S. The summed E-state index contributed by atoms with van der Waals surface area (Å²) in [4.78, 5) is 25.2. The summed E-state index contributed by atoms with van der Waals surface area (Å²) in [6.45, 7) is 1.88. The molecule has 0 aliphatic rings. The van der Waals surface area contributed by atoms with Gasteiger partial charge in [0, 0.05) is 4.88 Å². The maximum atomic E-state index is 12.2. The lowest BCUT2D eigenvalue weighted by Crippen LogP contribution is -2.26. The van der Waals surface area contributed by atoms with Crippen molar-refractivity contribution in [2.75, 3.05) is 0 Å². The van der Waals surface area contributed by atoms with Crippen LogP contribution >= 0.6 is 27.3 Å². The van der Waals surface area contributed by atoms with E-state index in [9.17, 15) is 14.7 Å². The highest BCUT2D eigenvalue weighted by molar-refractivity contribution is 9.10. The number of carbonyl (C=O) groups is 2. The molecule has 1 heterocycles. The Balaban J connectivity index is 1.75. The van der Waals surface area contributed by atoms with Gasteiger partial charge in [0.15, 0.2) is 0 Å². The van der Waals surface area contributed by atoms with Crippen molar-refractivity contribution in [3.05, 3.63) is 86.2 Å². The minimum absolute atomic E-state index is 0.199. The number of aliphatic carboxylic acids is 1. The Labute approximate surface area is 174 Å². The van der Waals surface area contributed by atoms with Crippen molar-refractivity contribution in [1.29, 1.82) is 0 Å². The van der Waals surface area contributed by atoms with Crippen LogP contribution in [0.5, 0.6) is 11.5 Å². The largest absolute Gasteiger partial charge is 0.477 e. The van der Waals surface area contributed by atoms with E-state index < -0.39 is 11.9 Å². The Morgan fingerprint density at radius 3 is 2.39 bits per heavy atom. The number of benzene rings is 2. The summed E-state index contributed by atoms with van der Waals surface area (Å²) in [6, 6.07) is 17.9. The van der Waals surface area contributed by atoms with Crippen molar-refractivity contribution in [2.45, 2.75) is 6.92 Å². The molecule has 0 saturated carbocycles. The molecule has 7 heteroatoms. The highest BCUT2D eigenvalue weighted by Crippen LogP contribution is 2.29. The van der Waals surface area contributed by atoms with E-state index in [0.29, 0.717) is 21.9 Å². The minimum Gasteiger partial charge on any atom is -0.477 e. The first-order valence-electron chi connectivity index (χ1n) is 8.27. The molecule has 1 aromatic heterocycles. The third-order valence-electron chi connectivity index (χ3n) is 3.70. The van der Waals surface area contributed by atoms with Crippen LogP contribution in [-0.2, 0) is 4.79 Å². The number of carboxylic acid groups (broad SMARTS) is 1. The first-order valence-corrected chi connectivity index (χ1v) is 9.88. The van der Waals surface area contributed by atoms with Gasteiger partial charge in [0.2, 0.25) is 0 Å². The summed E-state index contributed by atoms with van der Waals surface area (Å²) in [5, 5.41) is 11.9. The van der Waals surface area contributed by atoms with Crippen LogP contribution in [0, 0.1) is 6.92 Å². The third kappa shape index (κ3) is 5.09. The lowest BCUT2D eigenvalue weighted by molar-refractivity contribution is -0.132. The van der Waals surface area contributed by atoms with Crippen molar-refractivity contribution in [2.24, 2.45) is 0 Å². The molecule has 0 aliphatic heterocycles. The molecule has 0 radical (unpaired) electrons. The van der Waals surface area contributed by atoms with Crippen LogP contribution in [0.3, 0.4) is 0 Å². The van der Waals surface area contributed by atoms with Gasteiger partial charge in [-0.1, -0.05) is 24.3 Å². The van der Waals surface area contributed by atoms with Gasteiger partial charge in [-0.2, -0.15) is 0 Å². The number of carbonyl (C=O) groups excluding carboxylic acids is 1. The molecule has 0 saturated heterocycles. The van der Waals surface area contributed by atoms with Gasteiger partial charge in [-0.25, -0.2) is 4.79 Å². The van der Waals surface area contributed by atoms with Gasteiger partial charge in [-0.3, -0.25) is 4.79 Å². The van der Waals surface area contributed by atoms with Gasteiger partial charge < -0.3 is 15.2 Å². The second-order valence-corrected chi connectivity index (χ2v) is 7.97. The fraction of sp³-hybridized carbons (Fsp3) is 0.0476. The number of nitrogens with one attached hydrogen (secondary N) is 1. The Bertz CT molecular complexity index is 1040. The maximum absolute atomic E-state index is 12.2. The fourth-order valence-corrected chi connectivity index (χ4v) is 3.47. The summed E-state index contributed by atoms with van der Waals surface area (Å²) in [7, 11) is 0. The third-order valence-corrected chi connectivity index (χ3v) is 5.35. The maximum Gasteiger partial charge on any atom is 0.352 e. The molecule has 3 rings (SSSR count). The Morgan fingerprint density at radius 2 is 1.79 bits per heavy atom. The number of thiophene rings is 1. The number of amides is 1. The topological polar surface area (TPSA) is 75.6 Å². The predicted molar refractivity (Wildman–Crippen MR) is 113 cm³/mol. The second-order valence-electron chi connectivity index (χ2n) is 5.83. The first kappa shape index (κ1) is 19.9. The lowest BCUT2D eigenvalue weighted by Gasteiger charge is -2.08. The molecule has 0 spiro atoms. The molecular weight excluding hydrogens is 442 g/mol. The quantitative estimate of drug-likeness (QED) is 0.481. The molecule has 0 fully saturated rings. The summed E-state index contributed by atoms with van der Waals surface area (Å²) in [5.41, 5.74) is 0.426. The van der Waals surface area contributed by atoms with E-state index in [-0.39, 0.29) is 5.70 Å². The zero-order valence-corrected chi connectivity index (χ0v) is 17.2. The van der Waals surface area contributed by atoms with Gasteiger partial charge >= 0.3 is 5.97 Å². The van der Waals surface area contributed by atoms with Crippen LogP contribution in [0.1, 0.15) is 20.1 Å². The number of halogens is 1. The Morgan fingerprint density at radius 1 is 1.07 bits per heavy atom. The minimum atomic E-state index is -1.21. The smallest absolute Gasteiger partial charge is 0.352 e. The Kier molecular flexibility index (Phi) is 6.28. The van der Waals surface area contributed by atoms with Crippen molar-refractivity contribution >= 4 is 45.2 Å². The van der Waals surface area contributed by atoms with Gasteiger partial charge in [0.1, 0.15) is 17.2 Å². The van der Waals surface area contributed by atoms with Crippen LogP contribution in [0.2, 0.25) is 0 Å². The Hall–Kier alpha value is -2.90. The number of para-hydroxylation sites is 1. The lowest BCUT2D eigenvalue weighted by atomic mass is 10.2. The average Bonchev–Trinajstić information content (AvgIpc) is 3.11. The standard InChI is InChI=1S/C21H16BrNO4S/c1-13-6-11-19(28-13)20(24)23-17(21(25)26)12-14-7-9-15(10-8-14)27-18-5-3-2-4-16(18)22/h2-12H,1H3,(H,23,24)(H,25,26). The molecule has 142 valence electrons. The number of hydrogen-bond donors (Lipinski definition) is 2. The van der Waals surface area contributed by atoms with E-state index in [0.717, 1.165) is 9.35 Å². The van der Waals surface area contributed by atoms with Crippen LogP contribution < -0.4 is 10.1 Å². The molecule has 0 atom stereocenters. The summed E-state index contributed by atoms with van der Waals surface area (Å²) in [6.07, 6.45) is 1.41. The van der Waals surface area contributed by atoms with Crippen LogP contribution in [0.15, 0.2) is 70.8 Å². The summed E-state index contributed by atoms with van der Waals surface area (Å²) >= 11 is 4.73. The van der Waals surface area contributed by atoms with Crippen molar-refractivity contribution in [3.63, 3.8) is 0 Å². The van der Waals surface area contributed by atoms with Gasteiger partial charge in [-0.05, 0) is 70.9 Å². The van der Waals surface area contributed by atoms with E-state index in [1.807, 2.05) is 37.3 Å². The SMILES string of the molecule is Cc1ccc(C(=O)NC(=Cc2ccc(Oc3ccccc3Br)cc2)C(=O)O)s1. The molecule has 2 N–H and O–H groups in total. The van der Waals surface area contributed by atoms with E-state index in [1.54, 1.807) is 30.3 Å². The summed E-state index contributed by atoms with van der Waals surface area (Å²) in [5.74, 6) is -0.370. The number of hydrogen-bond acceptors (Lipinski definition) is 4. The molecule has 1 amide bonds. The molecule has 0 unspecified atom stereocenters. The zero-order chi connectivity index (χ0) is 20.1.